The summed E-state index contributed by atoms with van der Waals surface area (Å²) in [5.41, 5.74) is -0.829. The SMILES string of the molecule is CC(C)(C)CCS(=O)(=O)N1CCC(C)(O)C1. The smallest absolute Gasteiger partial charge is 0.214 e. The maximum atomic E-state index is 12.0. The molecule has 0 radical (unpaired) electrons. The van der Waals surface area contributed by atoms with Crippen LogP contribution in [0.2, 0.25) is 0 Å². The highest BCUT2D eigenvalue weighted by atomic mass is 32.2. The summed E-state index contributed by atoms with van der Waals surface area (Å²) in [5.74, 6) is 0.173. The average Bonchev–Trinajstić information content (AvgIpc) is 2.42. The minimum atomic E-state index is -3.19. The fourth-order valence-electron chi connectivity index (χ4n) is 1.71. The molecule has 0 amide bonds. The number of hydrogen-bond acceptors (Lipinski definition) is 3. The first-order valence-corrected chi connectivity index (χ1v) is 7.33. The van der Waals surface area contributed by atoms with Crippen molar-refractivity contribution >= 4 is 10.0 Å². The van der Waals surface area contributed by atoms with Gasteiger partial charge in [-0.05, 0) is 25.2 Å². The number of β-amino-alcohol motifs (C(OH)–C–C–N with tert-alkyl or cyclic N) is 1. The number of sulfonamides is 1. The molecular formula is C11H23NO3S. The third kappa shape index (κ3) is 4.03. The summed E-state index contributed by atoms with van der Waals surface area (Å²) in [7, 11) is -3.19. The molecule has 0 aromatic carbocycles. The van der Waals surface area contributed by atoms with Gasteiger partial charge in [-0.1, -0.05) is 20.8 Å². The minimum Gasteiger partial charge on any atom is -0.389 e. The molecule has 0 bridgehead atoms. The van der Waals surface area contributed by atoms with Crippen LogP contribution in [0.15, 0.2) is 0 Å². The molecular weight excluding hydrogens is 226 g/mol. The lowest BCUT2D eigenvalue weighted by Gasteiger charge is -2.22. The maximum absolute atomic E-state index is 12.0. The summed E-state index contributed by atoms with van der Waals surface area (Å²) in [5, 5.41) is 9.75. The zero-order valence-corrected chi connectivity index (χ0v) is 11.5. The summed E-state index contributed by atoms with van der Waals surface area (Å²) in [6, 6.07) is 0. The monoisotopic (exact) mass is 249 g/mol. The molecule has 1 heterocycles. The van der Waals surface area contributed by atoms with E-state index in [1.807, 2.05) is 20.8 Å². The first-order valence-electron chi connectivity index (χ1n) is 5.72. The molecule has 4 nitrogen and oxygen atoms in total. The van der Waals surface area contributed by atoms with Crippen LogP contribution in [-0.4, -0.2) is 42.3 Å². The number of aliphatic hydroxyl groups is 1. The van der Waals surface area contributed by atoms with E-state index < -0.39 is 15.6 Å². The highest BCUT2D eigenvalue weighted by Gasteiger charge is 2.37. The standard InChI is InChI=1S/C11H23NO3S/c1-10(2,3)6-8-16(14,15)12-7-5-11(4,13)9-12/h13H,5-9H2,1-4H3. The molecule has 1 rings (SSSR count). The van der Waals surface area contributed by atoms with E-state index in [2.05, 4.69) is 0 Å². The van der Waals surface area contributed by atoms with Gasteiger partial charge in [-0.3, -0.25) is 0 Å². The van der Waals surface area contributed by atoms with E-state index in [4.69, 9.17) is 0 Å². The summed E-state index contributed by atoms with van der Waals surface area (Å²) < 4.78 is 25.4. The maximum Gasteiger partial charge on any atom is 0.214 e. The van der Waals surface area contributed by atoms with Gasteiger partial charge in [-0.2, -0.15) is 4.31 Å². The Morgan fingerprint density at radius 3 is 2.31 bits per heavy atom. The van der Waals surface area contributed by atoms with Crippen LogP contribution in [0.25, 0.3) is 0 Å². The van der Waals surface area contributed by atoms with Gasteiger partial charge in [0, 0.05) is 13.1 Å². The van der Waals surface area contributed by atoms with Crippen LogP contribution in [0.5, 0.6) is 0 Å². The zero-order valence-electron chi connectivity index (χ0n) is 10.7. The van der Waals surface area contributed by atoms with Gasteiger partial charge in [0.05, 0.1) is 11.4 Å². The molecule has 1 aliphatic heterocycles. The van der Waals surface area contributed by atoms with Crippen molar-refractivity contribution in [1.29, 1.82) is 0 Å². The molecule has 0 saturated carbocycles. The van der Waals surface area contributed by atoms with Crippen LogP contribution in [0.4, 0.5) is 0 Å². The Morgan fingerprint density at radius 1 is 1.38 bits per heavy atom. The molecule has 0 aromatic heterocycles. The first kappa shape index (κ1) is 13.9. The van der Waals surface area contributed by atoms with E-state index in [1.54, 1.807) is 6.92 Å². The van der Waals surface area contributed by atoms with Crippen LogP contribution in [0.1, 0.15) is 40.5 Å². The Kier molecular flexibility index (Phi) is 3.72. The lowest BCUT2D eigenvalue weighted by molar-refractivity contribution is 0.0762. The number of rotatable bonds is 3. The van der Waals surface area contributed by atoms with Crippen molar-refractivity contribution < 1.29 is 13.5 Å². The summed E-state index contributed by atoms with van der Waals surface area (Å²) in [4.78, 5) is 0. The van der Waals surface area contributed by atoms with Crippen molar-refractivity contribution in [2.75, 3.05) is 18.8 Å². The van der Waals surface area contributed by atoms with Gasteiger partial charge in [-0.15, -0.1) is 0 Å². The highest BCUT2D eigenvalue weighted by Crippen LogP contribution is 2.25. The van der Waals surface area contributed by atoms with Crippen LogP contribution in [-0.2, 0) is 10.0 Å². The van der Waals surface area contributed by atoms with Gasteiger partial charge < -0.3 is 5.11 Å². The topological polar surface area (TPSA) is 57.6 Å². The van der Waals surface area contributed by atoms with Crippen molar-refractivity contribution in [1.82, 2.24) is 4.31 Å². The van der Waals surface area contributed by atoms with E-state index in [9.17, 15) is 13.5 Å². The predicted octanol–water partition coefficient (Wildman–Crippen LogP) is 1.21. The normalized spacial score (nSPS) is 28.6. The first-order chi connectivity index (χ1) is 7.02. The summed E-state index contributed by atoms with van der Waals surface area (Å²) in [6.45, 7) is 8.46. The Hall–Kier alpha value is -0.130. The Balaban J connectivity index is 2.59. The molecule has 1 aliphatic rings. The van der Waals surface area contributed by atoms with E-state index in [0.29, 0.717) is 19.4 Å². The molecule has 0 spiro atoms. The molecule has 1 saturated heterocycles. The fraction of sp³-hybridized carbons (Fsp3) is 1.00. The van der Waals surface area contributed by atoms with Crippen LogP contribution >= 0.6 is 0 Å². The zero-order chi connectivity index (χ0) is 12.6. The summed E-state index contributed by atoms with van der Waals surface area (Å²) >= 11 is 0. The van der Waals surface area contributed by atoms with Crippen molar-refractivity contribution in [3.8, 4) is 0 Å². The lowest BCUT2D eigenvalue weighted by atomic mass is 9.94. The lowest BCUT2D eigenvalue weighted by Crippen LogP contribution is -2.36. The van der Waals surface area contributed by atoms with E-state index in [1.165, 1.54) is 4.31 Å². The second-order valence-corrected chi connectivity index (χ2v) is 8.30. The van der Waals surface area contributed by atoms with Crippen molar-refractivity contribution in [3.05, 3.63) is 0 Å². The molecule has 96 valence electrons. The minimum absolute atomic E-state index is 0.0231. The van der Waals surface area contributed by atoms with Gasteiger partial charge in [-0.25, -0.2) is 8.42 Å². The predicted molar refractivity (Wildman–Crippen MR) is 64.7 cm³/mol. The number of nitrogens with zero attached hydrogens (tertiary/aromatic N) is 1. The van der Waals surface area contributed by atoms with Crippen LogP contribution < -0.4 is 0 Å². The quantitative estimate of drug-likeness (QED) is 0.818. The Labute approximate surface area is 98.7 Å². The molecule has 1 N–H and O–H groups in total. The average molecular weight is 249 g/mol. The van der Waals surface area contributed by atoms with E-state index >= 15 is 0 Å². The Bertz CT molecular complexity index is 341. The van der Waals surface area contributed by atoms with Crippen molar-refractivity contribution in [3.63, 3.8) is 0 Å². The molecule has 16 heavy (non-hydrogen) atoms. The van der Waals surface area contributed by atoms with Gasteiger partial charge in [0.1, 0.15) is 0 Å². The third-order valence-corrected chi connectivity index (χ3v) is 4.74. The van der Waals surface area contributed by atoms with Gasteiger partial charge in [0.2, 0.25) is 10.0 Å². The van der Waals surface area contributed by atoms with Crippen molar-refractivity contribution in [2.24, 2.45) is 5.41 Å². The summed E-state index contributed by atoms with van der Waals surface area (Å²) in [6.07, 6.45) is 1.18. The second kappa shape index (κ2) is 4.27. The Morgan fingerprint density at radius 2 is 1.94 bits per heavy atom. The van der Waals surface area contributed by atoms with Gasteiger partial charge in [0.15, 0.2) is 0 Å². The highest BCUT2D eigenvalue weighted by molar-refractivity contribution is 7.89. The third-order valence-electron chi connectivity index (χ3n) is 2.92. The largest absolute Gasteiger partial charge is 0.389 e. The van der Waals surface area contributed by atoms with E-state index in [-0.39, 0.29) is 17.7 Å². The van der Waals surface area contributed by atoms with Crippen LogP contribution in [0, 0.1) is 5.41 Å². The second-order valence-electron chi connectivity index (χ2n) is 6.21. The molecule has 5 heteroatoms. The molecule has 1 fully saturated rings. The van der Waals surface area contributed by atoms with Gasteiger partial charge in [0.25, 0.3) is 0 Å². The van der Waals surface area contributed by atoms with E-state index in [0.717, 1.165) is 0 Å². The molecule has 1 atom stereocenters. The van der Waals surface area contributed by atoms with Gasteiger partial charge >= 0.3 is 0 Å². The fourth-order valence-corrected chi connectivity index (χ4v) is 3.68. The molecule has 1 unspecified atom stereocenters. The number of hydrogen-bond donors (Lipinski definition) is 1. The van der Waals surface area contributed by atoms with Crippen LogP contribution in [0.3, 0.4) is 0 Å². The molecule has 0 aliphatic carbocycles. The van der Waals surface area contributed by atoms with Crippen molar-refractivity contribution in [2.45, 2.75) is 46.1 Å². The molecule has 0 aromatic rings.